The van der Waals surface area contributed by atoms with E-state index in [2.05, 4.69) is 15.5 Å². The van der Waals surface area contributed by atoms with E-state index in [4.69, 9.17) is 9.15 Å². The third-order valence-corrected chi connectivity index (χ3v) is 6.96. The summed E-state index contributed by atoms with van der Waals surface area (Å²) >= 11 is 1.42. The Morgan fingerprint density at radius 2 is 2.09 bits per heavy atom. The van der Waals surface area contributed by atoms with E-state index in [0.717, 1.165) is 23.6 Å². The molecular weight excluding hydrogens is 424 g/mol. The highest BCUT2D eigenvalue weighted by atomic mass is 32.2. The molecule has 0 saturated heterocycles. The molecule has 2 heterocycles. The van der Waals surface area contributed by atoms with Crippen molar-refractivity contribution in [2.75, 3.05) is 13.7 Å². The average molecular weight is 455 g/mol. The van der Waals surface area contributed by atoms with Gasteiger partial charge in [-0.3, -0.25) is 9.36 Å². The summed E-state index contributed by atoms with van der Waals surface area (Å²) in [6.07, 6.45) is 7.94. The van der Waals surface area contributed by atoms with Gasteiger partial charge >= 0.3 is 0 Å². The highest BCUT2D eigenvalue weighted by Crippen LogP contribution is 2.30. The minimum atomic E-state index is -0.281. The summed E-state index contributed by atoms with van der Waals surface area (Å²) in [7, 11) is 1.64. The highest BCUT2D eigenvalue weighted by Gasteiger charge is 2.23. The number of furan rings is 1. The minimum absolute atomic E-state index is 0.0380. The van der Waals surface area contributed by atoms with Gasteiger partial charge in [-0.25, -0.2) is 0 Å². The van der Waals surface area contributed by atoms with E-state index in [0.29, 0.717) is 23.4 Å². The predicted octanol–water partition coefficient (Wildman–Crippen LogP) is 4.77. The van der Waals surface area contributed by atoms with E-state index < -0.39 is 0 Å². The van der Waals surface area contributed by atoms with Crippen LogP contribution in [0.2, 0.25) is 0 Å². The minimum Gasteiger partial charge on any atom is -0.497 e. The summed E-state index contributed by atoms with van der Waals surface area (Å²) < 4.78 is 12.9. The number of thioether (sulfide) groups is 1. The molecule has 1 unspecified atom stereocenters. The molecule has 0 spiro atoms. The molecule has 4 rings (SSSR count). The lowest BCUT2D eigenvalue weighted by molar-refractivity contribution is -0.120. The maximum Gasteiger partial charge on any atom is 0.233 e. The van der Waals surface area contributed by atoms with Crippen LogP contribution >= 0.6 is 11.8 Å². The summed E-state index contributed by atoms with van der Waals surface area (Å²) in [6, 6.07) is 11.5. The Morgan fingerprint density at radius 1 is 1.25 bits per heavy atom. The quantitative estimate of drug-likeness (QED) is 0.469. The molecule has 3 aromatic rings. The van der Waals surface area contributed by atoms with Crippen molar-refractivity contribution in [1.29, 1.82) is 0 Å². The van der Waals surface area contributed by atoms with Crippen LogP contribution in [0.4, 0.5) is 0 Å². The first kappa shape index (κ1) is 22.5. The number of hydrogen-bond donors (Lipinski definition) is 1. The lowest BCUT2D eigenvalue weighted by Crippen LogP contribution is -2.35. The zero-order valence-electron chi connectivity index (χ0n) is 18.6. The lowest BCUT2D eigenvalue weighted by Gasteiger charge is -2.22. The topological polar surface area (TPSA) is 82.2 Å². The summed E-state index contributed by atoms with van der Waals surface area (Å²) in [5, 5.41) is 12.4. The van der Waals surface area contributed by atoms with Crippen LogP contribution < -0.4 is 10.1 Å². The first-order valence-electron chi connectivity index (χ1n) is 11.2. The monoisotopic (exact) mass is 454 g/mol. The molecule has 170 valence electrons. The van der Waals surface area contributed by atoms with Crippen LogP contribution in [0, 0.1) is 5.92 Å². The van der Waals surface area contributed by atoms with Gasteiger partial charge in [-0.15, -0.1) is 10.2 Å². The Kier molecular flexibility index (Phi) is 7.52. The number of hydrogen-bond acceptors (Lipinski definition) is 6. The number of amides is 1. The predicted molar refractivity (Wildman–Crippen MR) is 125 cm³/mol. The van der Waals surface area contributed by atoms with E-state index in [1.165, 1.54) is 43.9 Å². The Hall–Kier alpha value is -2.74. The van der Waals surface area contributed by atoms with Crippen LogP contribution in [0.25, 0.3) is 11.4 Å². The molecule has 1 fully saturated rings. The molecule has 1 aromatic carbocycles. The van der Waals surface area contributed by atoms with Crippen LogP contribution in [-0.4, -0.2) is 39.6 Å². The first-order chi connectivity index (χ1) is 15.6. The first-order valence-corrected chi connectivity index (χ1v) is 12.1. The number of aromatic nitrogens is 3. The lowest BCUT2D eigenvalue weighted by atomic mass is 9.89. The molecule has 2 aromatic heterocycles. The molecule has 1 aliphatic rings. The second-order valence-corrected chi connectivity index (χ2v) is 9.52. The molecule has 1 atom stereocenters. The molecule has 1 N–H and O–H groups in total. The van der Waals surface area contributed by atoms with E-state index >= 15 is 0 Å². The molecule has 0 radical (unpaired) electrons. The molecular formula is C24H30N4O3S. The van der Waals surface area contributed by atoms with Crippen molar-refractivity contribution >= 4 is 17.7 Å². The van der Waals surface area contributed by atoms with Gasteiger partial charge in [0.25, 0.3) is 0 Å². The van der Waals surface area contributed by atoms with Crippen molar-refractivity contribution in [3.8, 4) is 17.1 Å². The normalized spacial score (nSPS) is 15.4. The zero-order chi connectivity index (χ0) is 22.3. The van der Waals surface area contributed by atoms with Crippen LogP contribution in [0.3, 0.4) is 0 Å². The fourth-order valence-electron chi connectivity index (χ4n) is 4.04. The fraction of sp³-hybridized carbons (Fsp3) is 0.458. The van der Waals surface area contributed by atoms with Gasteiger partial charge in [0.2, 0.25) is 5.91 Å². The number of nitrogens with one attached hydrogen (secondary N) is 1. The van der Waals surface area contributed by atoms with Crippen molar-refractivity contribution in [2.45, 2.75) is 56.0 Å². The van der Waals surface area contributed by atoms with Crippen molar-refractivity contribution in [3.05, 3.63) is 48.4 Å². The maximum atomic E-state index is 12.8. The maximum absolute atomic E-state index is 12.8. The van der Waals surface area contributed by atoms with E-state index in [9.17, 15) is 4.79 Å². The van der Waals surface area contributed by atoms with E-state index in [1.54, 1.807) is 13.4 Å². The fourth-order valence-corrected chi connectivity index (χ4v) is 4.92. The third kappa shape index (κ3) is 5.54. The molecule has 0 bridgehead atoms. The third-order valence-electron chi connectivity index (χ3n) is 5.88. The number of benzene rings is 1. The van der Waals surface area contributed by atoms with Crippen molar-refractivity contribution in [2.24, 2.45) is 5.92 Å². The van der Waals surface area contributed by atoms with Crippen LogP contribution in [-0.2, 0) is 11.3 Å². The second-order valence-electron chi connectivity index (χ2n) is 8.21. The number of carbonyl (C=O) groups excluding carboxylic acids is 1. The average Bonchev–Trinajstić information content (AvgIpc) is 3.49. The number of rotatable bonds is 9. The molecule has 8 heteroatoms. The molecule has 0 aliphatic heterocycles. The standard InChI is InChI=1S/C24H30N4O3S/c1-17(23(29)25-15-18-8-4-3-5-9-18)32-24-27-26-22(19-10-6-11-20(14-19)30-2)28(24)16-21-12-7-13-31-21/h6-7,10-14,17-18H,3-5,8-9,15-16H2,1-2H3,(H,25,29). The van der Waals surface area contributed by atoms with Gasteiger partial charge in [0.15, 0.2) is 11.0 Å². The van der Waals surface area contributed by atoms with Gasteiger partial charge in [0.05, 0.1) is 25.2 Å². The van der Waals surface area contributed by atoms with Gasteiger partial charge < -0.3 is 14.5 Å². The zero-order valence-corrected chi connectivity index (χ0v) is 19.4. The Morgan fingerprint density at radius 3 is 2.84 bits per heavy atom. The summed E-state index contributed by atoms with van der Waals surface area (Å²) in [4.78, 5) is 12.8. The number of ether oxygens (including phenoxy) is 1. The van der Waals surface area contributed by atoms with Crippen LogP contribution in [0.5, 0.6) is 5.75 Å². The second kappa shape index (κ2) is 10.7. The molecule has 1 saturated carbocycles. The molecule has 1 amide bonds. The van der Waals surface area contributed by atoms with E-state index in [-0.39, 0.29) is 11.2 Å². The van der Waals surface area contributed by atoms with Crippen molar-refractivity contribution in [3.63, 3.8) is 0 Å². The Balaban J connectivity index is 1.50. The Labute approximate surface area is 192 Å². The SMILES string of the molecule is COc1cccc(-c2nnc(SC(C)C(=O)NCC3CCCCC3)n2Cc2ccco2)c1. The number of methoxy groups -OCH3 is 1. The molecule has 1 aliphatic carbocycles. The van der Waals surface area contributed by atoms with E-state index in [1.807, 2.05) is 47.9 Å². The smallest absolute Gasteiger partial charge is 0.233 e. The van der Waals surface area contributed by atoms with Crippen molar-refractivity contribution < 1.29 is 13.9 Å². The van der Waals surface area contributed by atoms with Crippen molar-refractivity contribution in [1.82, 2.24) is 20.1 Å². The molecule has 7 nitrogen and oxygen atoms in total. The number of carbonyl (C=O) groups is 1. The summed E-state index contributed by atoms with van der Waals surface area (Å²) in [5.41, 5.74) is 0.893. The van der Waals surface area contributed by atoms with Gasteiger partial charge in [-0.05, 0) is 49.9 Å². The van der Waals surface area contributed by atoms with Gasteiger partial charge in [0, 0.05) is 12.1 Å². The molecule has 32 heavy (non-hydrogen) atoms. The van der Waals surface area contributed by atoms with Gasteiger partial charge in [0.1, 0.15) is 11.5 Å². The number of nitrogens with zero attached hydrogens (tertiary/aromatic N) is 3. The highest BCUT2D eigenvalue weighted by molar-refractivity contribution is 8.00. The summed E-state index contributed by atoms with van der Waals surface area (Å²) in [6.45, 7) is 3.15. The Bertz CT molecular complexity index is 1010. The summed E-state index contributed by atoms with van der Waals surface area (Å²) in [5.74, 6) is 2.89. The van der Waals surface area contributed by atoms with Crippen LogP contribution in [0.1, 0.15) is 44.8 Å². The van der Waals surface area contributed by atoms with Gasteiger partial charge in [-0.1, -0.05) is 43.2 Å². The largest absolute Gasteiger partial charge is 0.497 e. The van der Waals surface area contributed by atoms with Crippen LogP contribution in [0.15, 0.2) is 52.2 Å². The van der Waals surface area contributed by atoms with Gasteiger partial charge in [-0.2, -0.15) is 0 Å².